The summed E-state index contributed by atoms with van der Waals surface area (Å²) in [5.41, 5.74) is 2.01. The van der Waals surface area contributed by atoms with E-state index in [-0.39, 0.29) is 11.9 Å². The van der Waals surface area contributed by atoms with Crippen molar-refractivity contribution in [2.45, 2.75) is 36.4 Å². The van der Waals surface area contributed by atoms with Crippen molar-refractivity contribution in [1.82, 2.24) is 14.8 Å². The van der Waals surface area contributed by atoms with E-state index in [1.54, 1.807) is 12.1 Å². The van der Waals surface area contributed by atoms with E-state index in [0.717, 1.165) is 59.1 Å². The number of hydrogen-bond donors (Lipinski definition) is 1. The van der Waals surface area contributed by atoms with Crippen LogP contribution >= 0.6 is 22.9 Å². The molecule has 1 fully saturated rings. The normalized spacial score (nSPS) is 17.5. The molecule has 0 aliphatic carbocycles. The summed E-state index contributed by atoms with van der Waals surface area (Å²) >= 11 is 7.36. The minimum Gasteiger partial charge on any atom is -0.356 e. The summed E-state index contributed by atoms with van der Waals surface area (Å²) in [5, 5.41) is 6.38. The molecule has 1 N–H and O–H groups in total. The van der Waals surface area contributed by atoms with Crippen LogP contribution in [-0.4, -0.2) is 44.2 Å². The summed E-state index contributed by atoms with van der Waals surface area (Å²) in [4.78, 5) is 2.26. The van der Waals surface area contributed by atoms with Gasteiger partial charge in [-0.25, -0.2) is 17.5 Å². The fourth-order valence-corrected chi connectivity index (χ4v) is 7.64. The van der Waals surface area contributed by atoms with Gasteiger partial charge in [0.1, 0.15) is 10.0 Å². The van der Waals surface area contributed by atoms with Crippen molar-refractivity contribution in [3.05, 3.63) is 58.5 Å². The van der Waals surface area contributed by atoms with Crippen molar-refractivity contribution >= 4 is 54.0 Å². The summed E-state index contributed by atoms with van der Waals surface area (Å²) in [5.74, 6) is -0.342. The highest BCUT2D eigenvalue weighted by Gasteiger charge is 2.29. The van der Waals surface area contributed by atoms with Crippen LogP contribution in [0.5, 0.6) is 0 Å². The molecule has 0 spiro atoms. The molecule has 0 saturated carbocycles. The zero-order valence-electron chi connectivity index (χ0n) is 18.0. The highest BCUT2D eigenvalue weighted by molar-refractivity contribution is 7.91. The highest BCUT2D eigenvalue weighted by Crippen LogP contribution is 2.35. The van der Waals surface area contributed by atoms with E-state index in [1.807, 2.05) is 19.1 Å². The Balaban J connectivity index is 1.18. The van der Waals surface area contributed by atoms with Crippen LogP contribution in [0.25, 0.3) is 21.1 Å². The summed E-state index contributed by atoms with van der Waals surface area (Å²) in [7, 11) is -3.61. The van der Waals surface area contributed by atoms with Crippen LogP contribution < -0.4 is 4.72 Å². The second kappa shape index (κ2) is 8.96. The minimum atomic E-state index is -3.61. The maximum atomic E-state index is 13.3. The van der Waals surface area contributed by atoms with E-state index < -0.39 is 10.0 Å². The van der Waals surface area contributed by atoms with Gasteiger partial charge in [0, 0.05) is 33.8 Å². The Labute approximate surface area is 200 Å². The smallest absolute Gasteiger partial charge is 0.250 e. The number of nitrogens with one attached hydrogen (secondary N) is 1. The third-order valence-electron chi connectivity index (χ3n) is 6.09. The molecule has 1 aliphatic heterocycles. The Kier molecular flexibility index (Phi) is 6.17. The molecule has 0 bridgehead atoms. The highest BCUT2D eigenvalue weighted by atomic mass is 35.5. The van der Waals surface area contributed by atoms with E-state index in [2.05, 4.69) is 14.8 Å². The molecule has 1 aliphatic rings. The first-order chi connectivity index (χ1) is 15.8. The number of fused-ring (bicyclic) bond motifs is 2. The SMILES string of the molecule is Cc1c(S(=O)(=O)N[C@@H]2CCN(CCCc3noc4cc(F)ccc34)C2)sc2ccc(Cl)cc12. The van der Waals surface area contributed by atoms with Crippen LogP contribution in [0.1, 0.15) is 24.1 Å². The van der Waals surface area contributed by atoms with Crippen molar-refractivity contribution in [3.63, 3.8) is 0 Å². The fraction of sp³-hybridized carbons (Fsp3) is 0.348. The van der Waals surface area contributed by atoms with E-state index >= 15 is 0 Å². The number of sulfonamides is 1. The van der Waals surface area contributed by atoms with Gasteiger partial charge in [0.05, 0.1) is 5.69 Å². The average molecular weight is 508 g/mol. The van der Waals surface area contributed by atoms with Gasteiger partial charge in [-0.2, -0.15) is 0 Å². The molecule has 6 nitrogen and oxygen atoms in total. The third-order valence-corrected chi connectivity index (χ3v) is 9.74. The zero-order chi connectivity index (χ0) is 23.2. The summed E-state index contributed by atoms with van der Waals surface area (Å²) < 4.78 is 48.9. The number of halogens is 2. The van der Waals surface area contributed by atoms with Crippen molar-refractivity contribution in [2.24, 2.45) is 0 Å². The van der Waals surface area contributed by atoms with Crippen molar-refractivity contribution in [1.29, 1.82) is 0 Å². The van der Waals surface area contributed by atoms with Crippen molar-refractivity contribution < 1.29 is 17.3 Å². The topological polar surface area (TPSA) is 75.4 Å². The Morgan fingerprint density at radius 3 is 2.97 bits per heavy atom. The first kappa shape index (κ1) is 22.7. The average Bonchev–Trinajstić information content (AvgIpc) is 3.46. The molecule has 3 heterocycles. The molecule has 0 unspecified atom stereocenters. The van der Waals surface area contributed by atoms with Crippen LogP contribution in [-0.2, 0) is 16.4 Å². The van der Waals surface area contributed by atoms with Crippen LogP contribution in [0.3, 0.4) is 0 Å². The fourth-order valence-electron chi connectivity index (χ4n) is 4.45. The molecule has 10 heteroatoms. The number of nitrogens with zero attached hydrogens (tertiary/aromatic N) is 2. The Hall–Kier alpha value is -2.04. The maximum Gasteiger partial charge on any atom is 0.250 e. The minimum absolute atomic E-state index is 0.126. The van der Waals surface area contributed by atoms with Gasteiger partial charge < -0.3 is 9.42 Å². The van der Waals surface area contributed by atoms with E-state index in [4.69, 9.17) is 16.1 Å². The second-order valence-electron chi connectivity index (χ2n) is 8.44. The molecule has 4 aromatic rings. The molecule has 5 rings (SSSR count). The molecule has 2 aromatic heterocycles. The number of thiophene rings is 1. The summed E-state index contributed by atoms with van der Waals surface area (Å²) in [6.07, 6.45) is 2.34. The third kappa shape index (κ3) is 4.65. The van der Waals surface area contributed by atoms with Gasteiger partial charge in [-0.05, 0) is 80.6 Å². The number of aromatic nitrogens is 1. The zero-order valence-corrected chi connectivity index (χ0v) is 20.4. The van der Waals surface area contributed by atoms with Crippen molar-refractivity contribution in [3.8, 4) is 0 Å². The van der Waals surface area contributed by atoms with Gasteiger partial charge >= 0.3 is 0 Å². The maximum absolute atomic E-state index is 13.3. The molecule has 0 radical (unpaired) electrons. The lowest BCUT2D eigenvalue weighted by Crippen LogP contribution is -2.37. The van der Waals surface area contributed by atoms with Crippen molar-refractivity contribution in [2.75, 3.05) is 19.6 Å². The molecule has 2 aromatic carbocycles. The number of benzene rings is 2. The molecule has 33 heavy (non-hydrogen) atoms. The Morgan fingerprint density at radius 1 is 1.27 bits per heavy atom. The monoisotopic (exact) mass is 507 g/mol. The second-order valence-corrected chi connectivity index (χ2v) is 11.8. The van der Waals surface area contributed by atoms with E-state index in [0.29, 0.717) is 21.4 Å². The molecule has 174 valence electrons. The van der Waals surface area contributed by atoms with Crippen LogP contribution in [0.2, 0.25) is 5.02 Å². The van der Waals surface area contributed by atoms with Gasteiger partial charge in [-0.15, -0.1) is 11.3 Å². The first-order valence-corrected chi connectivity index (χ1v) is 13.4. The standard InChI is InChI=1S/C23H23ClFN3O3S2/c1-14-19-11-15(24)4-7-22(19)32-23(14)33(29,30)27-17-8-10-28(13-17)9-2-3-20-18-6-5-16(25)12-21(18)31-26-20/h4-7,11-12,17,27H,2-3,8-10,13H2,1H3/t17-/m1/s1. The van der Waals surface area contributed by atoms with Crippen LogP contribution in [0.15, 0.2) is 45.1 Å². The van der Waals surface area contributed by atoms with E-state index in [1.165, 1.54) is 23.5 Å². The lowest BCUT2D eigenvalue weighted by molar-refractivity contribution is 0.326. The number of likely N-dealkylation sites (tertiary alicyclic amines) is 1. The predicted molar refractivity (Wildman–Crippen MR) is 129 cm³/mol. The molecule has 0 amide bonds. The van der Waals surface area contributed by atoms with Gasteiger partial charge in [0.25, 0.3) is 10.0 Å². The molecular weight excluding hydrogens is 485 g/mol. The first-order valence-electron chi connectivity index (χ1n) is 10.8. The van der Waals surface area contributed by atoms with Gasteiger partial charge in [-0.3, -0.25) is 0 Å². The predicted octanol–water partition coefficient (Wildman–Crippen LogP) is 5.13. The van der Waals surface area contributed by atoms with Gasteiger partial charge in [-0.1, -0.05) is 16.8 Å². The number of aryl methyl sites for hydroxylation is 2. The van der Waals surface area contributed by atoms with Gasteiger partial charge in [0.15, 0.2) is 5.58 Å². The molecular formula is C23H23ClFN3O3S2. The molecule has 1 atom stereocenters. The lowest BCUT2D eigenvalue weighted by Gasteiger charge is -2.16. The van der Waals surface area contributed by atoms with Gasteiger partial charge in [0.2, 0.25) is 0 Å². The summed E-state index contributed by atoms with van der Waals surface area (Å²) in [6.45, 7) is 4.15. The number of hydrogen-bond acceptors (Lipinski definition) is 6. The molecule has 1 saturated heterocycles. The quantitative estimate of drug-likeness (QED) is 0.375. The summed E-state index contributed by atoms with van der Waals surface area (Å²) in [6, 6.07) is 9.77. The number of rotatable bonds is 7. The lowest BCUT2D eigenvalue weighted by atomic mass is 10.1. The van der Waals surface area contributed by atoms with Crippen LogP contribution in [0.4, 0.5) is 4.39 Å². The van der Waals surface area contributed by atoms with Crippen LogP contribution in [0, 0.1) is 12.7 Å². The Morgan fingerprint density at radius 2 is 2.12 bits per heavy atom. The van der Waals surface area contributed by atoms with E-state index in [9.17, 15) is 12.8 Å². The largest absolute Gasteiger partial charge is 0.356 e. The Bertz CT molecular complexity index is 1430.